The lowest BCUT2D eigenvalue weighted by atomic mass is 10.2. The van der Waals surface area contributed by atoms with Gasteiger partial charge in [0.05, 0.1) is 6.54 Å². The SMILES string of the molecule is Cn1nc(N)c2c(=O)n(Cc3ccccc3Cl)cnc21. The fourth-order valence-corrected chi connectivity index (χ4v) is 2.33. The summed E-state index contributed by atoms with van der Waals surface area (Å²) >= 11 is 6.10. The average molecular weight is 290 g/mol. The van der Waals surface area contributed by atoms with Gasteiger partial charge in [-0.2, -0.15) is 5.10 Å². The van der Waals surface area contributed by atoms with E-state index in [4.69, 9.17) is 17.3 Å². The maximum absolute atomic E-state index is 12.4. The molecule has 0 aliphatic carbocycles. The largest absolute Gasteiger partial charge is 0.381 e. The molecule has 3 rings (SSSR count). The van der Waals surface area contributed by atoms with Crippen molar-refractivity contribution in [3.8, 4) is 0 Å². The first-order valence-corrected chi connectivity index (χ1v) is 6.36. The molecule has 7 heteroatoms. The van der Waals surface area contributed by atoms with E-state index in [0.717, 1.165) is 5.56 Å². The molecule has 0 aliphatic heterocycles. The Balaban J connectivity index is 2.14. The summed E-state index contributed by atoms with van der Waals surface area (Å²) in [4.78, 5) is 16.7. The number of nitrogen functional groups attached to an aromatic ring is 1. The molecule has 0 atom stereocenters. The van der Waals surface area contributed by atoms with Gasteiger partial charge in [0.25, 0.3) is 5.56 Å². The van der Waals surface area contributed by atoms with Gasteiger partial charge in [0, 0.05) is 12.1 Å². The number of anilines is 1. The maximum atomic E-state index is 12.4. The van der Waals surface area contributed by atoms with Gasteiger partial charge in [-0.25, -0.2) is 9.67 Å². The molecule has 102 valence electrons. The zero-order valence-electron chi connectivity index (χ0n) is 10.7. The van der Waals surface area contributed by atoms with Gasteiger partial charge in [-0.05, 0) is 11.6 Å². The minimum atomic E-state index is -0.222. The first-order chi connectivity index (χ1) is 9.58. The lowest BCUT2D eigenvalue weighted by molar-refractivity contribution is 0.738. The van der Waals surface area contributed by atoms with Crippen molar-refractivity contribution < 1.29 is 0 Å². The second-order valence-electron chi connectivity index (χ2n) is 4.48. The first kappa shape index (κ1) is 12.7. The average Bonchev–Trinajstić information content (AvgIpc) is 2.71. The molecule has 2 heterocycles. The highest BCUT2D eigenvalue weighted by Crippen LogP contribution is 2.17. The molecule has 0 amide bonds. The van der Waals surface area contributed by atoms with Crippen molar-refractivity contribution in [2.24, 2.45) is 7.05 Å². The van der Waals surface area contributed by atoms with Crippen LogP contribution in [0.4, 0.5) is 5.82 Å². The van der Waals surface area contributed by atoms with Gasteiger partial charge in [-0.1, -0.05) is 29.8 Å². The molecule has 3 aromatic rings. The van der Waals surface area contributed by atoms with E-state index in [1.54, 1.807) is 13.1 Å². The third kappa shape index (κ3) is 1.94. The summed E-state index contributed by atoms with van der Waals surface area (Å²) in [5.74, 6) is 0.188. The van der Waals surface area contributed by atoms with E-state index < -0.39 is 0 Å². The Morgan fingerprint density at radius 1 is 1.35 bits per heavy atom. The number of benzene rings is 1. The molecule has 2 aromatic heterocycles. The molecule has 20 heavy (non-hydrogen) atoms. The summed E-state index contributed by atoms with van der Waals surface area (Å²) in [5, 5.41) is 4.95. The van der Waals surface area contributed by atoms with E-state index in [2.05, 4.69) is 10.1 Å². The topological polar surface area (TPSA) is 78.7 Å². The number of nitrogens with two attached hydrogens (primary N) is 1. The molecule has 0 saturated heterocycles. The Kier molecular flexibility index (Phi) is 2.94. The van der Waals surface area contributed by atoms with Crippen LogP contribution in [0.2, 0.25) is 5.02 Å². The summed E-state index contributed by atoms with van der Waals surface area (Å²) in [7, 11) is 1.70. The molecule has 0 saturated carbocycles. The lowest BCUT2D eigenvalue weighted by Crippen LogP contribution is -2.21. The smallest absolute Gasteiger partial charge is 0.266 e. The number of fused-ring (bicyclic) bond motifs is 1. The highest BCUT2D eigenvalue weighted by Gasteiger charge is 2.13. The van der Waals surface area contributed by atoms with Crippen molar-refractivity contribution in [3.05, 3.63) is 51.5 Å². The van der Waals surface area contributed by atoms with Crippen molar-refractivity contribution in [2.75, 3.05) is 5.73 Å². The predicted molar refractivity (Wildman–Crippen MR) is 77.7 cm³/mol. The second kappa shape index (κ2) is 4.64. The van der Waals surface area contributed by atoms with E-state index in [0.29, 0.717) is 22.6 Å². The fraction of sp³-hybridized carbons (Fsp3) is 0.154. The van der Waals surface area contributed by atoms with E-state index in [1.807, 2.05) is 18.2 Å². The van der Waals surface area contributed by atoms with Gasteiger partial charge in [-0.15, -0.1) is 0 Å². The van der Waals surface area contributed by atoms with Crippen LogP contribution in [-0.2, 0) is 13.6 Å². The summed E-state index contributed by atoms with van der Waals surface area (Å²) < 4.78 is 2.97. The van der Waals surface area contributed by atoms with Gasteiger partial charge in [0.2, 0.25) is 0 Å². The molecular weight excluding hydrogens is 278 g/mol. The third-order valence-corrected chi connectivity index (χ3v) is 3.51. The Labute approximate surface area is 119 Å². The van der Waals surface area contributed by atoms with E-state index in [-0.39, 0.29) is 11.4 Å². The molecule has 0 spiro atoms. The number of nitrogens with zero attached hydrogens (tertiary/aromatic N) is 4. The van der Waals surface area contributed by atoms with Crippen molar-refractivity contribution in [1.29, 1.82) is 0 Å². The van der Waals surface area contributed by atoms with Crippen molar-refractivity contribution in [1.82, 2.24) is 19.3 Å². The lowest BCUT2D eigenvalue weighted by Gasteiger charge is -2.07. The predicted octanol–water partition coefficient (Wildman–Crippen LogP) is 1.41. The number of hydrogen-bond acceptors (Lipinski definition) is 4. The Morgan fingerprint density at radius 2 is 2.10 bits per heavy atom. The van der Waals surface area contributed by atoms with Crippen LogP contribution in [0.3, 0.4) is 0 Å². The van der Waals surface area contributed by atoms with E-state index in [1.165, 1.54) is 15.6 Å². The maximum Gasteiger partial charge on any atom is 0.266 e. The van der Waals surface area contributed by atoms with Gasteiger partial charge in [-0.3, -0.25) is 9.36 Å². The Morgan fingerprint density at radius 3 is 2.85 bits per heavy atom. The van der Waals surface area contributed by atoms with Crippen molar-refractivity contribution in [2.45, 2.75) is 6.54 Å². The fourth-order valence-electron chi connectivity index (χ4n) is 2.13. The molecule has 0 bridgehead atoms. The summed E-state index contributed by atoms with van der Waals surface area (Å²) in [6, 6.07) is 7.36. The molecular formula is C13H12ClN5O. The molecule has 0 fully saturated rings. The summed E-state index contributed by atoms with van der Waals surface area (Å²) in [6.45, 7) is 0.343. The molecule has 0 aliphatic rings. The Hall–Kier alpha value is -2.34. The van der Waals surface area contributed by atoms with Crippen LogP contribution < -0.4 is 11.3 Å². The molecule has 2 N–H and O–H groups in total. The highest BCUT2D eigenvalue weighted by atomic mass is 35.5. The monoisotopic (exact) mass is 289 g/mol. The standard InChI is InChI=1S/C13H12ClN5O/c1-18-12-10(11(15)17-18)13(20)19(7-16-12)6-8-4-2-3-5-9(8)14/h2-5,7H,6H2,1H3,(H2,15,17). The van der Waals surface area contributed by atoms with Crippen LogP contribution in [0.15, 0.2) is 35.4 Å². The quantitative estimate of drug-likeness (QED) is 0.774. The molecule has 6 nitrogen and oxygen atoms in total. The van der Waals surface area contributed by atoms with E-state index >= 15 is 0 Å². The number of aryl methyl sites for hydroxylation is 1. The zero-order valence-corrected chi connectivity index (χ0v) is 11.5. The number of rotatable bonds is 2. The van der Waals surface area contributed by atoms with Gasteiger partial charge in [0.1, 0.15) is 11.7 Å². The number of aromatic nitrogens is 4. The molecule has 1 aromatic carbocycles. The van der Waals surface area contributed by atoms with Crippen LogP contribution in [0, 0.1) is 0 Å². The summed E-state index contributed by atoms with van der Waals surface area (Å²) in [5.41, 5.74) is 6.86. The van der Waals surface area contributed by atoms with Crippen LogP contribution in [0.25, 0.3) is 11.0 Å². The van der Waals surface area contributed by atoms with Crippen molar-refractivity contribution in [3.63, 3.8) is 0 Å². The number of halogens is 1. The van der Waals surface area contributed by atoms with Crippen LogP contribution in [0.5, 0.6) is 0 Å². The van der Waals surface area contributed by atoms with Gasteiger partial charge >= 0.3 is 0 Å². The van der Waals surface area contributed by atoms with Crippen LogP contribution in [0.1, 0.15) is 5.56 Å². The highest BCUT2D eigenvalue weighted by molar-refractivity contribution is 6.31. The normalized spacial score (nSPS) is 11.1. The minimum absolute atomic E-state index is 0.188. The van der Waals surface area contributed by atoms with Gasteiger partial charge in [0.15, 0.2) is 11.5 Å². The van der Waals surface area contributed by atoms with Crippen LogP contribution in [-0.4, -0.2) is 19.3 Å². The van der Waals surface area contributed by atoms with Gasteiger partial charge < -0.3 is 5.73 Å². The van der Waals surface area contributed by atoms with Crippen molar-refractivity contribution >= 4 is 28.5 Å². The Bertz CT molecular complexity index is 852. The third-order valence-electron chi connectivity index (χ3n) is 3.14. The van der Waals surface area contributed by atoms with Crippen LogP contribution >= 0.6 is 11.6 Å². The van der Waals surface area contributed by atoms with E-state index in [9.17, 15) is 4.79 Å². The number of hydrogen-bond donors (Lipinski definition) is 1. The summed E-state index contributed by atoms with van der Waals surface area (Å²) in [6.07, 6.45) is 1.48. The minimum Gasteiger partial charge on any atom is -0.381 e. The molecule has 0 radical (unpaired) electrons. The molecule has 0 unspecified atom stereocenters. The first-order valence-electron chi connectivity index (χ1n) is 5.99. The second-order valence-corrected chi connectivity index (χ2v) is 4.88. The zero-order chi connectivity index (χ0) is 14.3.